The van der Waals surface area contributed by atoms with Gasteiger partial charge in [0.2, 0.25) is 0 Å². The van der Waals surface area contributed by atoms with Gasteiger partial charge in [0.25, 0.3) is 0 Å². The van der Waals surface area contributed by atoms with E-state index in [2.05, 4.69) is 39.5 Å². The van der Waals surface area contributed by atoms with E-state index in [-0.39, 0.29) is 49.6 Å². The average molecular weight is 240 g/mol. The van der Waals surface area contributed by atoms with Gasteiger partial charge in [-0.05, 0) is 0 Å². The monoisotopic (exact) mass is 238 g/mol. The van der Waals surface area contributed by atoms with E-state index in [4.69, 9.17) is 0 Å². The van der Waals surface area contributed by atoms with Gasteiger partial charge in [-0.15, -0.1) is 0 Å². The second-order valence-electron chi connectivity index (χ2n) is 0.408. The molecule has 6 heteroatoms. The summed E-state index contributed by atoms with van der Waals surface area (Å²) in [6, 6.07) is 0. The van der Waals surface area contributed by atoms with Crippen LogP contribution in [0.2, 0.25) is 11.1 Å². The SMILES string of the molecule is C[CH2][Al+2].[CH3][Al+2].[Cl-].[Cl-].[Cl-].[Cl-]. The maximum atomic E-state index is 2.58. The summed E-state index contributed by atoms with van der Waals surface area (Å²) in [4.78, 5) is 0. The quantitative estimate of drug-likeness (QED) is 0.369. The van der Waals surface area contributed by atoms with Crippen molar-refractivity contribution in [2.75, 3.05) is 0 Å². The molecule has 0 spiro atoms. The van der Waals surface area contributed by atoms with E-state index in [1.807, 2.05) is 5.79 Å². The molecule has 0 radical (unpaired) electrons. The van der Waals surface area contributed by atoms with Crippen LogP contribution in [0.5, 0.6) is 0 Å². The third kappa shape index (κ3) is 140. The van der Waals surface area contributed by atoms with Crippen LogP contribution < -0.4 is 49.6 Å². The van der Waals surface area contributed by atoms with Crippen LogP contribution in [0.25, 0.3) is 0 Å². The van der Waals surface area contributed by atoms with Crippen LogP contribution >= 0.6 is 0 Å². The van der Waals surface area contributed by atoms with E-state index in [1.165, 1.54) is 5.28 Å². The molecule has 0 aliphatic heterocycles. The Morgan fingerprint density at radius 1 is 0.889 bits per heavy atom. The Kier molecular flexibility index (Phi) is 400. The first-order valence-corrected chi connectivity index (χ1v) is 3.66. The zero-order valence-electron chi connectivity index (χ0n) is 5.37. The van der Waals surface area contributed by atoms with Gasteiger partial charge in [0, 0.05) is 0 Å². The predicted molar refractivity (Wildman–Crippen MR) is 27.9 cm³/mol. The molecule has 0 aliphatic rings. The van der Waals surface area contributed by atoms with Crippen LogP contribution in [-0.4, -0.2) is 32.6 Å². The fourth-order valence-corrected chi connectivity index (χ4v) is 0. The van der Waals surface area contributed by atoms with Crippen LogP contribution in [0.15, 0.2) is 0 Å². The van der Waals surface area contributed by atoms with Crippen molar-refractivity contribution in [3.05, 3.63) is 0 Å². The summed E-state index contributed by atoms with van der Waals surface area (Å²) in [6.07, 6.45) is 0. The first-order valence-electron chi connectivity index (χ1n) is 1.69. The van der Waals surface area contributed by atoms with Gasteiger partial charge in [-0.25, -0.2) is 0 Å². The first-order chi connectivity index (χ1) is 2.41. The van der Waals surface area contributed by atoms with Crippen molar-refractivity contribution in [3.8, 4) is 0 Å². The van der Waals surface area contributed by atoms with E-state index < -0.39 is 0 Å². The van der Waals surface area contributed by atoms with Gasteiger partial charge in [0.05, 0.1) is 0 Å². The van der Waals surface area contributed by atoms with E-state index in [1.54, 1.807) is 0 Å². The molecular formula is C3H8Al2Cl4. The number of hydrogen-bond donors (Lipinski definition) is 0. The molecule has 0 heterocycles. The molecule has 0 N–H and O–H groups in total. The molecule has 0 saturated heterocycles. The third-order valence-electron chi connectivity index (χ3n) is 0. The minimum absolute atomic E-state index is 0. The standard InChI is InChI=1S/C2H5.CH3.2Al.4ClH/c1-2;;;;;;;/h1H2,2H3;1H3;;;4*1H/q;;2*+2;;;;/p-4. The van der Waals surface area contributed by atoms with Crippen molar-refractivity contribution in [1.82, 2.24) is 0 Å². The number of hydrogen-bond acceptors (Lipinski definition) is 0. The van der Waals surface area contributed by atoms with Gasteiger partial charge in [0.15, 0.2) is 0 Å². The fourth-order valence-electron chi connectivity index (χ4n) is 0. The molecule has 0 rings (SSSR count). The summed E-state index contributed by atoms with van der Waals surface area (Å²) in [6.45, 7) is 2.09. The molecule has 0 aromatic carbocycles. The molecule has 0 fully saturated rings. The molecule has 0 aromatic rings. The third-order valence-corrected chi connectivity index (χ3v) is 0. The zero-order valence-corrected chi connectivity index (χ0v) is 10.7. The number of rotatable bonds is 0. The van der Waals surface area contributed by atoms with Crippen molar-refractivity contribution in [2.45, 2.75) is 18.0 Å². The van der Waals surface area contributed by atoms with Gasteiger partial charge in [-0.3, -0.25) is 0 Å². The molecule has 9 heavy (non-hydrogen) atoms. The molecule has 0 bridgehead atoms. The van der Waals surface area contributed by atoms with Crippen molar-refractivity contribution >= 4 is 32.6 Å². The molecule has 0 nitrogen and oxygen atoms in total. The van der Waals surface area contributed by atoms with Crippen LogP contribution in [0.3, 0.4) is 0 Å². The normalized spacial score (nSPS) is 2.89. The average Bonchev–Trinajstić information content (AvgIpc) is 1.46. The van der Waals surface area contributed by atoms with Gasteiger partial charge < -0.3 is 49.6 Å². The Morgan fingerprint density at radius 3 is 0.889 bits per heavy atom. The first kappa shape index (κ1) is 43.0. The maximum absolute atomic E-state index is 2.58. The van der Waals surface area contributed by atoms with Crippen LogP contribution in [0.1, 0.15) is 6.92 Å². The smallest absolute Gasteiger partial charge is 1.00 e. The van der Waals surface area contributed by atoms with Gasteiger partial charge >= 0.3 is 50.6 Å². The van der Waals surface area contributed by atoms with E-state index in [9.17, 15) is 0 Å². The topological polar surface area (TPSA) is 0 Å². The summed E-state index contributed by atoms with van der Waals surface area (Å²) in [5.41, 5.74) is 0. The summed E-state index contributed by atoms with van der Waals surface area (Å²) >= 11 is 5.00. The molecule has 0 saturated carbocycles. The Hall–Kier alpha value is 2.22. The van der Waals surface area contributed by atoms with Crippen molar-refractivity contribution in [2.24, 2.45) is 0 Å². The predicted octanol–water partition coefficient (Wildman–Crippen LogP) is -11.2. The van der Waals surface area contributed by atoms with Crippen LogP contribution in [-0.2, 0) is 0 Å². The molecule has 0 aliphatic carbocycles. The fraction of sp³-hybridized carbons (Fsp3) is 1.00. The minimum atomic E-state index is 0. The summed E-state index contributed by atoms with van der Waals surface area (Å²) in [5.74, 6) is 1.92. The van der Waals surface area contributed by atoms with Crippen molar-refractivity contribution < 1.29 is 49.6 Å². The molecule has 0 atom stereocenters. The van der Waals surface area contributed by atoms with Crippen molar-refractivity contribution in [3.63, 3.8) is 0 Å². The largest absolute Gasteiger partial charge is 1.00 e. The van der Waals surface area contributed by atoms with Gasteiger partial charge in [-0.1, -0.05) is 0 Å². The Morgan fingerprint density at radius 2 is 0.889 bits per heavy atom. The zero-order chi connectivity index (χ0) is 4.71. The Bertz CT molecular complexity index is 13.8. The van der Waals surface area contributed by atoms with Gasteiger partial charge in [-0.2, -0.15) is 0 Å². The molecule has 0 aromatic heterocycles. The molecule has 54 valence electrons. The summed E-state index contributed by atoms with van der Waals surface area (Å²) in [5, 5.41) is 1.17. The van der Waals surface area contributed by atoms with Crippen LogP contribution in [0.4, 0.5) is 0 Å². The second-order valence-corrected chi connectivity index (χ2v) is 1.22. The van der Waals surface area contributed by atoms with E-state index in [0.717, 1.165) is 0 Å². The molecule has 0 amide bonds. The Balaban J connectivity index is -0.00000000357. The Labute approximate surface area is 99.4 Å². The summed E-state index contributed by atoms with van der Waals surface area (Å²) < 4.78 is 0. The summed E-state index contributed by atoms with van der Waals surface area (Å²) in [7, 11) is 0. The maximum Gasteiger partial charge on any atom is -1.00 e. The van der Waals surface area contributed by atoms with E-state index >= 15 is 0 Å². The number of halogens is 4. The molecule has 0 unspecified atom stereocenters. The van der Waals surface area contributed by atoms with Crippen LogP contribution in [0, 0.1) is 0 Å². The van der Waals surface area contributed by atoms with Gasteiger partial charge in [0.1, 0.15) is 0 Å². The molecular weight excluding hydrogens is 232 g/mol. The minimum Gasteiger partial charge on any atom is -1.00 e. The van der Waals surface area contributed by atoms with E-state index in [0.29, 0.717) is 0 Å². The second kappa shape index (κ2) is 83.7. The van der Waals surface area contributed by atoms with Crippen molar-refractivity contribution in [1.29, 1.82) is 0 Å².